The first-order valence-corrected chi connectivity index (χ1v) is 7.75. The molecule has 0 saturated heterocycles. The smallest absolute Gasteiger partial charge is 0.195 e. The van der Waals surface area contributed by atoms with Crippen LogP contribution >= 0.6 is 11.8 Å². The molecule has 0 unspecified atom stereocenters. The fourth-order valence-electron chi connectivity index (χ4n) is 1.82. The van der Waals surface area contributed by atoms with Crippen molar-refractivity contribution in [3.05, 3.63) is 47.9 Å². The van der Waals surface area contributed by atoms with E-state index in [-0.39, 0.29) is 5.41 Å². The van der Waals surface area contributed by atoms with E-state index in [4.69, 9.17) is 4.42 Å². The fourth-order valence-corrected chi connectivity index (χ4v) is 2.25. The summed E-state index contributed by atoms with van der Waals surface area (Å²) < 4.78 is 5.35. The quantitative estimate of drug-likeness (QED) is 0.850. The number of furan rings is 1. The van der Waals surface area contributed by atoms with Crippen LogP contribution in [0.4, 0.5) is 11.4 Å². The van der Waals surface area contributed by atoms with Gasteiger partial charge in [-0.3, -0.25) is 0 Å². The molecule has 0 aliphatic rings. The van der Waals surface area contributed by atoms with Gasteiger partial charge in [0.25, 0.3) is 0 Å². The minimum Gasteiger partial charge on any atom is -0.455 e. The van der Waals surface area contributed by atoms with Crippen molar-refractivity contribution in [2.75, 3.05) is 11.6 Å². The number of hydrogen-bond acceptors (Lipinski definition) is 3. The molecule has 0 saturated carbocycles. The molecule has 3 heteroatoms. The van der Waals surface area contributed by atoms with Gasteiger partial charge in [0.05, 0.1) is 11.4 Å². The Hall–Kier alpha value is -1.35. The molecule has 19 heavy (non-hydrogen) atoms. The Kier molecular flexibility index (Phi) is 4.25. The molecule has 0 aliphatic heterocycles. The largest absolute Gasteiger partial charge is 0.455 e. The normalized spacial score (nSPS) is 11.6. The van der Waals surface area contributed by atoms with Gasteiger partial charge in [-0.2, -0.15) is 11.8 Å². The van der Waals surface area contributed by atoms with Crippen LogP contribution in [0.5, 0.6) is 0 Å². The van der Waals surface area contributed by atoms with E-state index in [0.717, 1.165) is 22.9 Å². The topological polar surface area (TPSA) is 25.2 Å². The number of nitrogens with one attached hydrogen (secondary N) is 1. The molecule has 0 spiro atoms. The lowest BCUT2D eigenvalue weighted by atomic mass is 9.87. The van der Waals surface area contributed by atoms with Gasteiger partial charge < -0.3 is 9.73 Å². The molecule has 1 radical (unpaired) electrons. The van der Waals surface area contributed by atoms with Crippen molar-refractivity contribution in [3.63, 3.8) is 0 Å². The van der Waals surface area contributed by atoms with Crippen LogP contribution in [0.2, 0.25) is 0 Å². The molecular formula is C16H20NOS. The summed E-state index contributed by atoms with van der Waals surface area (Å²) in [7, 11) is 0. The average molecular weight is 274 g/mol. The molecule has 101 valence electrons. The van der Waals surface area contributed by atoms with Crippen molar-refractivity contribution in [2.45, 2.75) is 31.9 Å². The molecule has 2 aromatic rings. The van der Waals surface area contributed by atoms with Crippen molar-refractivity contribution < 1.29 is 4.42 Å². The lowest BCUT2D eigenvalue weighted by Gasteiger charge is -2.19. The summed E-state index contributed by atoms with van der Waals surface area (Å²) in [5.41, 5.74) is 3.46. The molecule has 0 amide bonds. The number of rotatable bonds is 4. The van der Waals surface area contributed by atoms with E-state index < -0.39 is 0 Å². The van der Waals surface area contributed by atoms with Gasteiger partial charge in [-0.25, -0.2) is 0 Å². The summed E-state index contributed by atoms with van der Waals surface area (Å²) >= 11 is 1.74. The van der Waals surface area contributed by atoms with Crippen molar-refractivity contribution in [1.29, 1.82) is 0 Å². The molecule has 0 atom stereocenters. The van der Waals surface area contributed by atoms with Gasteiger partial charge in [0, 0.05) is 11.8 Å². The zero-order valence-electron chi connectivity index (χ0n) is 11.9. The maximum atomic E-state index is 5.35. The molecular weight excluding hydrogens is 254 g/mol. The fraction of sp³-hybridized carbons (Fsp3) is 0.375. The van der Waals surface area contributed by atoms with E-state index in [1.165, 1.54) is 5.56 Å². The Morgan fingerprint density at radius 1 is 1.21 bits per heavy atom. The Balaban J connectivity index is 2.06. The predicted molar refractivity (Wildman–Crippen MR) is 83.2 cm³/mol. The third-order valence-corrected chi connectivity index (χ3v) is 3.49. The van der Waals surface area contributed by atoms with Crippen molar-refractivity contribution in [1.82, 2.24) is 0 Å². The van der Waals surface area contributed by atoms with Crippen LogP contribution < -0.4 is 5.32 Å². The number of hydrogen-bond donors (Lipinski definition) is 1. The molecule has 2 nitrogen and oxygen atoms in total. The Morgan fingerprint density at radius 3 is 2.47 bits per heavy atom. The minimum atomic E-state index is 0.186. The number of anilines is 2. The highest BCUT2D eigenvalue weighted by Crippen LogP contribution is 2.25. The maximum absolute atomic E-state index is 5.35. The third-order valence-electron chi connectivity index (χ3n) is 2.91. The van der Waals surface area contributed by atoms with Crippen LogP contribution in [-0.2, 0) is 11.2 Å². The van der Waals surface area contributed by atoms with Gasteiger partial charge in [0.1, 0.15) is 5.76 Å². The highest BCUT2D eigenvalue weighted by atomic mass is 32.2. The summed E-state index contributed by atoms with van der Waals surface area (Å²) in [6, 6.07) is 10.5. The van der Waals surface area contributed by atoms with E-state index in [1.54, 1.807) is 11.8 Å². The third kappa shape index (κ3) is 3.80. The second-order valence-corrected chi connectivity index (χ2v) is 6.48. The Morgan fingerprint density at radius 2 is 1.89 bits per heavy atom. The highest BCUT2D eigenvalue weighted by Gasteiger charge is 2.12. The molecule has 1 heterocycles. The summed E-state index contributed by atoms with van der Waals surface area (Å²) in [6.07, 6.45) is 4.94. The zero-order chi connectivity index (χ0) is 13.9. The second kappa shape index (κ2) is 5.74. The van der Waals surface area contributed by atoms with E-state index in [2.05, 4.69) is 62.9 Å². The lowest BCUT2D eigenvalue weighted by molar-refractivity contribution is 0.523. The predicted octanol–water partition coefficient (Wildman–Crippen LogP) is 4.98. The monoisotopic (exact) mass is 274 g/mol. The molecule has 2 rings (SSSR count). The van der Waals surface area contributed by atoms with Crippen LogP contribution in [0.3, 0.4) is 0 Å². The first-order valence-electron chi connectivity index (χ1n) is 6.36. The molecule has 0 fully saturated rings. The summed E-state index contributed by atoms with van der Waals surface area (Å²) in [5.74, 6) is 1.82. The van der Waals surface area contributed by atoms with Crippen molar-refractivity contribution in [3.8, 4) is 0 Å². The molecule has 1 aromatic carbocycles. The standard InChI is InChI=1S/C16H20NOS/c1-16(2,3)12-5-7-13(8-6-12)17-14-9-15(11-19-4)18-10-14/h5-9,17H,11H2,1-4H3. The van der Waals surface area contributed by atoms with Crippen molar-refractivity contribution in [2.24, 2.45) is 0 Å². The van der Waals surface area contributed by atoms with Gasteiger partial charge in [-0.05, 0) is 29.4 Å². The first kappa shape index (κ1) is 14.1. The maximum Gasteiger partial charge on any atom is 0.195 e. The van der Waals surface area contributed by atoms with E-state index in [9.17, 15) is 0 Å². The van der Waals surface area contributed by atoms with Gasteiger partial charge >= 0.3 is 0 Å². The number of thioether (sulfide) groups is 1. The van der Waals surface area contributed by atoms with E-state index in [1.807, 2.05) is 6.07 Å². The van der Waals surface area contributed by atoms with Crippen LogP contribution in [0.1, 0.15) is 32.1 Å². The van der Waals surface area contributed by atoms with Crippen LogP contribution in [0.25, 0.3) is 0 Å². The average Bonchev–Trinajstić information content (AvgIpc) is 2.77. The van der Waals surface area contributed by atoms with Crippen LogP contribution in [0, 0.1) is 6.26 Å². The van der Waals surface area contributed by atoms with Gasteiger partial charge in [-0.1, -0.05) is 32.9 Å². The van der Waals surface area contributed by atoms with Gasteiger partial charge in [0.15, 0.2) is 6.26 Å². The minimum absolute atomic E-state index is 0.186. The van der Waals surface area contributed by atoms with Crippen LogP contribution in [0.15, 0.2) is 34.7 Å². The summed E-state index contributed by atoms with van der Waals surface area (Å²) in [4.78, 5) is 0. The molecule has 1 N–H and O–H groups in total. The Labute approximate surface area is 119 Å². The molecule has 1 aromatic heterocycles. The Bertz CT molecular complexity index is 522. The zero-order valence-corrected chi connectivity index (χ0v) is 12.7. The molecule has 0 aliphatic carbocycles. The van der Waals surface area contributed by atoms with Gasteiger partial charge in [-0.15, -0.1) is 0 Å². The van der Waals surface area contributed by atoms with Crippen LogP contribution in [-0.4, -0.2) is 6.26 Å². The van der Waals surface area contributed by atoms with E-state index in [0.29, 0.717) is 0 Å². The lowest BCUT2D eigenvalue weighted by Crippen LogP contribution is -2.10. The first-order chi connectivity index (χ1) is 8.99. The summed E-state index contributed by atoms with van der Waals surface area (Å²) in [6.45, 7) is 6.65. The second-order valence-electron chi connectivity index (χ2n) is 5.61. The highest BCUT2D eigenvalue weighted by molar-refractivity contribution is 7.97. The van der Waals surface area contributed by atoms with Crippen molar-refractivity contribution >= 4 is 23.1 Å². The van der Waals surface area contributed by atoms with E-state index >= 15 is 0 Å². The molecule has 0 bridgehead atoms. The summed E-state index contributed by atoms with van der Waals surface area (Å²) in [5, 5.41) is 3.30. The number of benzene rings is 1. The van der Waals surface area contributed by atoms with Gasteiger partial charge in [0.2, 0.25) is 0 Å². The SMILES string of the molecule is CSCc1cc(Nc2ccc(C(C)(C)C)cc2)[c]o1.